The molecule has 1 atom stereocenters. The van der Waals surface area contributed by atoms with E-state index in [-0.39, 0.29) is 11.8 Å². The molecule has 1 aliphatic heterocycles. The third-order valence-electron chi connectivity index (χ3n) is 5.14. The molecule has 0 spiro atoms. The Morgan fingerprint density at radius 3 is 2.86 bits per heavy atom. The van der Waals surface area contributed by atoms with Crippen molar-refractivity contribution in [2.24, 2.45) is 0 Å². The van der Waals surface area contributed by atoms with Crippen molar-refractivity contribution in [2.45, 2.75) is 25.2 Å². The highest BCUT2D eigenvalue weighted by Gasteiger charge is 2.28. The molecule has 0 saturated carbocycles. The number of ether oxygens (including phenoxy) is 1. The molecule has 0 N–H and O–H groups in total. The summed E-state index contributed by atoms with van der Waals surface area (Å²) in [4.78, 5) is 23.3. The second-order valence-corrected chi connectivity index (χ2v) is 7.52. The lowest BCUT2D eigenvalue weighted by Gasteiger charge is -2.31. The third kappa shape index (κ3) is 4.43. The molecule has 3 aromatic rings. The first kappa shape index (κ1) is 19.5. The molecule has 1 fully saturated rings. The average Bonchev–Trinajstić information content (AvgIpc) is 3.24. The Bertz CT molecular complexity index is 987. The van der Waals surface area contributed by atoms with Gasteiger partial charge >= 0.3 is 0 Å². The first-order valence-electron chi connectivity index (χ1n) is 9.61. The molecule has 6 nitrogen and oxygen atoms in total. The van der Waals surface area contributed by atoms with Crippen LogP contribution >= 0.6 is 11.6 Å². The fourth-order valence-electron chi connectivity index (χ4n) is 3.60. The molecule has 4 rings (SSSR count). The molecule has 1 amide bonds. The molecule has 7 heteroatoms. The lowest BCUT2D eigenvalue weighted by molar-refractivity contribution is 0.0697. The van der Waals surface area contributed by atoms with E-state index in [0.29, 0.717) is 41.9 Å². The van der Waals surface area contributed by atoms with Gasteiger partial charge in [-0.15, -0.1) is 0 Å². The quantitative estimate of drug-likeness (QED) is 0.624. The maximum Gasteiger partial charge on any atom is 0.255 e. The number of nitrogens with zero attached hydrogens (tertiary/aromatic N) is 3. The van der Waals surface area contributed by atoms with E-state index < -0.39 is 0 Å². The first-order chi connectivity index (χ1) is 14.1. The van der Waals surface area contributed by atoms with Gasteiger partial charge in [-0.2, -0.15) is 0 Å². The van der Waals surface area contributed by atoms with E-state index in [4.69, 9.17) is 20.8 Å². The number of carbonyl (C=O) groups excluding carboxylic acids is 1. The number of carbonyl (C=O) groups is 1. The molecule has 150 valence electrons. The van der Waals surface area contributed by atoms with Gasteiger partial charge in [0.15, 0.2) is 5.89 Å². The Labute approximate surface area is 174 Å². The van der Waals surface area contributed by atoms with Gasteiger partial charge in [-0.25, -0.2) is 9.97 Å². The van der Waals surface area contributed by atoms with Gasteiger partial charge in [-0.05, 0) is 30.5 Å². The Kier molecular flexibility index (Phi) is 5.81. The number of benzene rings is 1. The molecule has 29 heavy (non-hydrogen) atoms. The third-order valence-corrected chi connectivity index (χ3v) is 5.51. The molecular weight excluding hydrogens is 390 g/mol. The van der Waals surface area contributed by atoms with Gasteiger partial charge in [-0.1, -0.05) is 29.8 Å². The largest absolute Gasteiger partial charge is 0.481 e. The minimum Gasteiger partial charge on any atom is -0.481 e. The summed E-state index contributed by atoms with van der Waals surface area (Å²) >= 11 is 6.24. The van der Waals surface area contributed by atoms with Crippen LogP contribution in [0.25, 0.3) is 0 Å². The van der Waals surface area contributed by atoms with Crippen LogP contribution in [0, 0.1) is 0 Å². The van der Waals surface area contributed by atoms with Gasteiger partial charge in [0.2, 0.25) is 5.88 Å². The standard InChI is InChI=1S/C22H22ClN3O3/c1-28-20-9-8-16(12-24-20)22(27)26-10-4-6-17(14-26)21-25-13-18(29-21)11-15-5-2-3-7-19(15)23/h2-3,5,7-9,12-13,17H,4,6,10-11,14H2,1H3/t17-/m1/s1. The zero-order valence-electron chi connectivity index (χ0n) is 16.2. The van der Waals surface area contributed by atoms with Crippen LogP contribution < -0.4 is 4.74 Å². The van der Waals surface area contributed by atoms with Gasteiger partial charge in [0.1, 0.15) is 5.76 Å². The van der Waals surface area contributed by atoms with Crippen LogP contribution in [0.15, 0.2) is 53.2 Å². The number of halogens is 1. The second-order valence-electron chi connectivity index (χ2n) is 7.11. The van der Waals surface area contributed by atoms with Crippen LogP contribution in [0.2, 0.25) is 5.02 Å². The number of rotatable bonds is 5. The number of likely N-dealkylation sites (tertiary alicyclic amines) is 1. The summed E-state index contributed by atoms with van der Waals surface area (Å²) in [6.07, 6.45) is 5.75. The van der Waals surface area contributed by atoms with E-state index in [9.17, 15) is 4.79 Å². The number of oxazole rings is 1. The van der Waals surface area contributed by atoms with Gasteiger partial charge in [-0.3, -0.25) is 4.79 Å². The molecule has 0 radical (unpaired) electrons. The smallest absolute Gasteiger partial charge is 0.255 e. The number of methoxy groups -OCH3 is 1. The van der Waals surface area contributed by atoms with Crippen molar-refractivity contribution in [2.75, 3.05) is 20.2 Å². The van der Waals surface area contributed by atoms with Crippen LogP contribution in [0.5, 0.6) is 5.88 Å². The van der Waals surface area contributed by atoms with E-state index in [0.717, 1.165) is 24.2 Å². The number of hydrogen-bond acceptors (Lipinski definition) is 5. The molecule has 0 unspecified atom stereocenters. The Balaban J connectivity index is 1.44. The van der Waals surface area contributed by atoms with Crippen molar-refractivity contribution in [1.29, 1.82) is 0 Å². The summed E-state index contributed by atoms with van der Waals surface area (Å²) in [5.41, 5.74) is 1.56. The SMILES string of the molecule is COc1ccc(C(=O)N2CCC[C@@H](c3ncc(Cc4ccccc4Cl)o3)C2)cn1. The van der Waals surface area contributed by atoms with Crippen molar-refractivity contribution in [3.63, 3.8) is 0 Å². The van der Waals surface area contributed by atoms with Crippen molar-refractivity contribution < 1.29 is 13.9 Å². The predicted molar refractivity (Wildman–Crippen MR) is 109 cm³/mol. The van der Waals surface area contributed by atoms with Crippen LogP contribution in [-0.4, -0.2) is 41.0 Å². The number of piperidine rings is 1. The molecular formula is C22H22ClN3O3. The van der Waals surface area contributed by atoms with E-state index in [2.05, 4.69) is 9.97 Å². The van der Waals surface area contributed by atoms with E-state index >= 15 is 0 Å². The minimum atomic E-state index is -0.0345. The molecule has 3 heterocycles. The Morgan fingerprint density at radius 2 is 2.10 bits per heavy atom. The molecule has 1 aromatic carbocycles. The van der Waals surface area contributed by atoms with Crippen LogP contribution in [0.3, 0.4) is 0 Å². The zero-order chi connectivity index (χ0) is 20.2. The van der Waals surface area contributed by atoms with Crippen LogP contribution in [0.4, 0.5) is 0 Å². The van der Waals surface area contributed by atoms with Crippen LogP contribution in [0.1, 0.15) is 46.3 Å². The maximum absolute atomic E-state index is 12.8. The molecule has 0 bridgehead atoms. The average molecular weight is 412 g/mol. The number of pyridine rings is 1. The maximum atomic E-state index is 12.8. The summed E-state index contributed by atoms with van der Waals surface area (Å²) in [5, 5.41) is 0.716. The Morgan fingerprint density at radius 1 is 1.24 bits per heavy atom. The lowest BCUT2D eigenvalue weighted by atomic mass is 9.97. The summed E-state index contributed by atoms with van der Waals surface area (Å²) in [7, 11) is 1.55. The zero-order valence-corrected chi connectivity index (χ0v) is 16.9. The second kappa shape index (κ2) is 8.66. The topological polar surface area (TPSA) is 68.5 Å². The summed E-state index contributed by atoms with van der Waals surface area (Å²) in [5.74, 6) is 1.99. The fourth-order valence-corrected chi connectivity index (χ4v) is 3.80. The number of aromatic nitrogens is 2. The molecule has 1 aliphatic rings. The van der Waals surface area contributed by atoms with Gasteiger partial charge in [0.05, 0.1) is 24.8 Å². The number of amides is 1. The van der Waals surface area contributed by atoms with Gasteiger partial charge in [0, 0.05) is 36.8 Å². The molecule has 0 aliphatic carbocycles. The summed E-state index contributed by atoms with van der Waals surface area (Å²) in [6, 6.07) is 11.1. The van der Waals surface area contributed by atoms with E-state index in [1.807, 2.05) is 29.2 Å². The highest BCUT2D eigenvalue weighted by molar-refractivity contribution is 6.31. The van der Waals surface area contributed by atoms with Crippen molar-refractivity contribution in [3.05, 3.63) is 76.6 Å². The van der Waals surface area contributed by atoms with Gasteiger partial charge in [0.25, 0.3) is 5.91 Å². The predicted octanol–water partition coefficient (Wildman–Crippen LogP) is 4.34. The van der Waals surface area contributed by atoms with Crippen LogP contribution in [-0.2, 0) is 6.42 Å². The van der Waals surface area contributed by atoms with Gasteiger partial charge < -0.3 is 14.1 Å². The Hall–Kier alpha value is -2.86. The minimum absolute atomic E-state index is 0.0345. The van der Waals surface area contributed by atoms with Crippen molar-refractivity contribution in [3.8, 4) is 5.88 Å². The van der Waals surface area contributed by atoms with Crippen molar-refractivity contribution in [1.82, 2.24) is 14.9 Å². The summed E-state index contributed by atoms with van der Waals surface area (Å²) in [6.45, 7) is 1.30. The normalized spacial score (nSPS) is 16.6. The van der Waals surface area contributed by atoms with E-state index in [1.165, 1.54) is 0 Å². The first-order valence-corrected chi connectivity index (χ1v) is 9.99. The highest BCUT2D eigenvalue weighted by atomic mass is 35.5. The molecule has 1 saturated heterocycles. The summed E-state index contributed by atoms with van der Waals surface area (Å²) < 4.78 is 11.1. The molecule has 2 aromatic heterocycles. The monoisotopic (exact) mass is 411 g/mol. The highest BCUT2D eigenvalue weighted by Crippen LogP contribution is 2.29. The lowest BCUT2D eigenvalue weighted by Crippen LogP contribution is -2.39. The fraction of sp³-hybridized carbons (Fsp3) is 0.318. The number of hydrogen-bond donors (Lipinski definition) is 0. The van der Waals surface area contributed by atoms with Crippen molar-refractivity contribution >= 4 is 17.5 Å². The van der Waals surface area contributed by atoms with E-state index in [1.54, 1.807) is 31.6 Å².